The Balaban J connectivity index is 0.841. The van der Waals surface area contributed by atoms with Crippen LogP contribution >= 0.6 is 0 Å². The molecule has 0 aromatic rings. The second-order valence-electron chi connectivity index (χ2n) is 28.7. The van der Waals surface area contributed by atoms with Gasteiger partial charge in [-0.1, -0.05) is 173 Å². The molecule has 0 bridgehead atoms. The van der Waals surface area contributed by atoms with Crippen molar-refractivity contribution in [2.75, 3.05) is 0 Å². The van der Waals surface area contributed by atoms with Gasteiger partial charge in [0.15, 0.2) is 0 Å². The summed E-state index contributed by atoms with van der Waals surface area (Å²) < 4.78 is 6.83. The summed E-state index contributed by atoms with van der Waals surface area (Å²) in [6.45, 7) is 16.5. The van der Waals surface area contributed by atoms with Gasteiger partial charge in [-0.25, -0.2) is 0 Å². The van der Waals surface area contributed by atoms with Crippen LogP contribution in [0.5, 0.6) is 0 Å². The molecular weight excluding hydrogens is 957 g/mol. The molecule has 1 fully saturated rings. The molecule has 3 heteroatoms. The maximum absolute atomic E-state index is 6.83. The summed E-state index contributed by atoms with van der Waals surface area (Å²) in [5, 5.41) is 0. The van der Waals surface area contributed by atoms with Gasteiger partial charge in [-0.15, -0.1) is 0 Å². The Morgan fingerprint density at radius 2 is 1.58 bits per heavy atom. The molecule has 0 saturated heterocycles. The van der Waals surface area contributed by atoms with Crippen LogP contribution in [-0.2, 0) is 4.74 Å². The smallest absolute Gasteiger partial charge is 0.120 e. The van der Waals surface area contributed by atoms with Gasteiger partial charge in [0.25, 0.3) is 0 Å². The number of hydrogen-bond donors (Lipinski definition) is 0. The van der Waals surface area contributed by atoms with E-state index in [4.69, 9.17) is 4.74 Å². The van der Waals surface area contributed by atoms with Gasteiger partial charge >= 0.3 is 0 Å². The lowest BCUT2D eigenvalue weighted by atomic mass is 9.52. The van der Waals surface area contributed by atoms with E-state index in [-0.39, 0.29) is 22.3 Å². The summed E-state index contributed by atoms with van der Waals surface area (Å²) in [5.74, 6) is 4.63. The van der Waals surface area contributed by atoms with Crippen LogP contribution in [0.25, 0.3) is 0 Å². The fourth-order valence-electron chi connectivity index (χ4n) is 19.3. The standard InChI is InChI=1S/C76H100N2O/c1-7-52-26-44-64(45-27-52)79-65-46-37-59(38-47-65)76(58-33-31-55(32-34-58)74(2,3)4)70-24-16-14-22-66(70)67-48-43-63(51-71(67)76)77(62-41-35-57(36-42-62)75(5,6)56-18-10-8-11-19-56)61-39-28-53(29-40-61)54-30-49-73-69(50-54)68-23-15-17-25-72(68)78(73)60-20-12-9-13-21-60/h7,9,12,18,25-27,31,35-37,39,41,44,46,50,53,58,60,62-64,66,68,70H,1,8,10-11,13-17,19-24,28-30,32-34,38,40,42-43,45,47-49,51H2,2-6H3. The van der Waals surface area contributed by atoms with E-state index >= 15 is 0 Å². The number of allylic oxidation sites excluding steroid dienone is 22. The molecule has 3 nitrogen and oxygen atoms in total. The van der Waals surface area contributed by atoms with Crippen LogP contribution in [0.3, 0.4) is 0 Å². The third-order valence-corrected chi connectivity index (χ3v) is 23.3. The number of rotatable bonds is 12. The fourth-order valence-corrected chi connectivity index (χ4v) is 19.3. The van der Waals surface area contributed by atoms with Gasteiger partial charge < -0.3 is 14.5 Å². The van der Waals surface area contributed by atoms with E-state index in [1.54, 1.807) is 50.5 Å². The molecule has 1 heterocycles. The Labute approximate surface area is 479 Å². The molecule has 0 aromatic heterocycles. The van der Waals surface area contributed by atoms with Crippen molar-refractivity contribution in [2.45, 2.75) is 245 Å². The van der Waals surface area contributed by atoms with Crippen LogP contribution in [0.1, 0.15) is 221 Å². The molecule has 13 aliphatic rings. The van der Waals surface area contributed by atoms with Crippen molar-refractivity contribution in [1.82, 2.24) is 9.80 Å². The summed E-state index contributed by atoms with van der Waals surface area (Å²) in [5.41, 5.74) is 20.8. The van der Waals surface area contributed by atoms with Crippen LogP contribution in [0.2, 0.25) is 0 Å². The Kier molecular flexibility index (Phi) is 15.2. The fraction of sp³-hybridized carbons (Fsp3) is 0.605. The molecule has 0 N–H and O–H groups in total. The molecule has 0 aromatic carbocycles. The molecule has 13 rings (SSSR count). The van der Waals surface area contributed by atoms with Crippen LogP contribution in [0, 0.1) is 45.8 Å². The monoisotopic (exact) mass is 1060 g/mol. The highest BCUT2D eigenvalue weighted by atomic mass is 16.5. The normalized spacial score (nSPS) is 34.8. The first-order chi connectivity index (χ1) is 38.5. The molecule has 1 saturated carbocycles. The van der Waals surface area contributed by atoms with Crippen LogP contribution in [0.15, 0.2) is 177 Å². The highest BCUT2D eigenvalue weighted by Gasteiger charge is 2.60. The SMILES string of the molecule is C=CC1=CCC(OC2=CC=C(C3(C4CC=C(C(C)(C)C)CC4)C4=C(CCC(N(C5=CCC(C6=CC7=C(CC6)N(C6CC=CCC6)C6=CCCCC67)CC5)C5C=CC(C(C)(C)C6=CCCCC6)=CC5)C4)C4CCCCC43)CC2)C=C1. The lowest BCUT2D eigenvalue weighted by Crippen LogP contribution is -2.47. The van der Waals surface area contributed by atoms with Gasteiger partial charge in [0.2, 0.25) is 0 Å². The van der Waals surface area contributed by atoms with E-state index in [9.17, 15) is 0 Å². The Morgan fingerprint density at radius 1 is 0.684 bits per heavy atom. The first-order valence-corrected chi connectivity index (χ1v) is 33.1. The molecule has 12 aliphatic carbocycles. The second kappa shape index (κ2) is 22.3. The zero-order valence-corrected chi connectivity index (χ0v) is 49.9. The third-order valence-electron chi connectivity index (χ3n) is 23.3. The van der Waals surface area contributed by atoms with E-state index in [0.29, 0.717) is 35.9 Å². The van der Waals surface area contributed by atoms with E-state index < -0.39 is 0 Å². The summed E-state index contributed by atoms with van der Waals surface area (Å²) in [7, 11) is 0. The van der Waals surface area contributed by atoms with Gasteiger partial charge in [-0.3, -0.25) is 0 Å². The van der Waals surface area contributed by atoms with Crippen molar-refractivity contribution in [3.63, 3.8) is 0 Å². The Hall–Kier alpha value is -4.50. The Morgan fingerprint density at radius 3 is 2.30 bits per heavy atom. The van der Waals surface area contributed by atoms with Crippen molar-refractivity contribution >= 4 is 0 Å². The predicted octanol–water partition coefficient (Wildman–Crippen LogP) is 20.3. The molecule has 10 atom stereocenters. The molecule has 420 valence electrons. The van der Waals surface area contributed by atoms with E-state index in [1.165, 1.54) is 172 Å². The highest BCUT2D eigenvalue weighted by molar-refractivity contribution is 5.50. The third kappa shape index (κ3) is 10.0. The van der Waals surface area contributed by atoms with Crippen LogP contribution in [-0.4, -0.2) is 34.0 Å². The molecule has 1 aliphatic heterocycles. The summed E-state index contributed by atoms with van der Waals surface area (Å²) in [4.78, 5) is 6.01. The molecule has 10 unspecified atom stereocenters. The van der Waals surface area contributed by atoms with Crippen molar-refractivity contribution in [2.24, 2.45) is 45.8 Å². The topological polar surface area (TPSA) is 15.7 Å². The van der Waals surface area contributed by atoms with Crippen molar-refractivity contribution in [3.05, 3.63) is 177 Å². The maximum atomic E-state index is 6.83. The molecule has 0 spiro atoms. The number of nitrogens with zero attached hydrogens (tertiary/aromatic N) is 2. The highest BCUT2D eigenvalue weighted by Crippen LogP contribution is 2.69. The first kappa shape index (κ1) is 53.8. The predicted molar refractivity (Wildman–Crippen MR) is 331 cm³/mol. The Bertz CT molecular complexity index is 2850. The van der Waals surface area contributed by atoms with Gasteiger partial charge in [0.05, 0.1) is 11.8 Å². The summed E-state index contributed by atoms with van der Waals surface area (Å²) >= 11 is 0. The largest absolute Gasteiger partial charge is 0.490 e. The average molecular weight is 1060 g/mol. The number of fused-ring (bicyclic) bond motifs is 4. The maximum Gasteiger partial charge on any atom is 0.120 e. The molecule has 79 heavy (non-hydrogen) atoms. The number of hydrogen-bond acceptors (Lipinski definition) is 3. The van der Waals surface area contributed by atoms with Gasteiger partial charge in [0.1, 0.15) is 6.10 Å². The zero-order chi connectivity index (χ0) is 53.9. The van der Waals surface area contributed by atoms with Crippen molar-refractivity contribution in [3.8, 4) is 0 Å². The molecule has 0 radical (unpaired) electrons. The van der Waals surface area contributed by atoms with Gasteiger partial charge in [-0.05, 0) is 218 Å². The minimum atomic E-state index is 0.100. The molecule has 0 amide bonds. The lowest BCUT2D eigenvalue weighted by molar-refractivity contribution is 0.0881. The van der Waals surface area contributed by atoms with E-state index in [0.717, 1.165) is 37.5 Å². The second-order valence-corrected chi connectivity index (χ2v) is 28.7. The van der Waals surface area contributed by atoms with E-state index in [1.807, 2.05) is 17.2 Å². The van der Waals surface area contributed by atoms with Crippen LogP contribution in [0.4, 0.5) is 0 Å². The quantitative estimate of drug-likeness (QED) is 0.181. The van der Waals surface area contributed by atoms with Crippen molar-refractivity contribution in [1.29, 1.82) is 0 Å². The first-order valence-electron chi connectivity index (χ1n) is 33.1. The lowest BCUT2D eigenvalue weighted by Gasteiger charge is -2.52. The number of ether oxygens (including phenoxy) is 1. The summed E-state index contributed by atoms with van der Waals surface area (Å²) in [6, 6.07) is 1.58. The molecular formula is C76H100N2O. The van der Waals surface area contributed by atoms with Crippen LogP contribution < -0.4 is 0 Å². The zero-order valence-electron chi connectivity index (χ0n) is 49.9. The van der Waals surface area contributed by atoms with E-state index in [2.05, 4.69) is 142 Å². The van der Waals surface area contributed by atoms with Gasteiger partial charge in [0, 0.05) is 58.8 Å². The average Bonchev–Trinajstić information content (AvgIpc) is 3.39. The van der Waals surface area contributed by atoms with Gasteiger partial charge in [-0.2, -0.15) is 0 Å². The minimum Gasteiger partial charge on any atom is -0.490 e. The minimum absolute atomic E-state index is 0.100. The van der Waals surface area contributed by atoms with Crippen molar-refractivity contribution < 1.29 is 4.74 Å². The summed E-state index contributed by atoms with van der Waals surface area (Å²) in [6.07, 6.45) is 77.1.